The molecule has 4 nitrogen and oxygen atoms in total. The summed E-state index contributed by atoms with van der Waals surface area (Å²) in [6, 6.07) is 5.66. The highest BCUT2D eigenvalue weighted by atomic mass is 32.2. The maximum Gasteiger partial charge on any atom is 0.262 e. The van der Waals surface area contributed by atoms with Crippen molar-refractivity contribution >= 4 is 15.7 Å². The average molecular weight is 327 g/mol. The molecule has 0 aliphatic heterocycles. The summed E-state index contributed by atoms with van der Waals surface area (Å²) < 4.78 is 58.5. The van der Waals surface area contributed by atoms with E-state index in [2.05, 4.69) is 4.72 Å². The lowest BCUT2D eigenvalue weighted by Gasteiger charge is -2.13. The third-order valence-electron chi connectivity index (χ3n) is 3.16. The minimum atomic E-state index is -3.99. The fourth-order valence-electron chi connectivity index (χ4n) is 2.04. The first-order valence-corrected chi connectivity index (χ1v) is 7.86. The number of sulfonamides is 1. The van der Waals surface area contributed by atoms with Gasteiger partial charge in [0.2, 0.25) is 0 Å². The predicted octanol–water partition coefficient (Wildman–Crippen LogP) is 3.39. The molecular formula is C15H15F2NO3S. The highest BCUT2D eigenvalue weighted by molar-refractivity contribution is 7.92. The Kier molecular flexibility index (Phi) is 4.37. The van der Waals surface area contributed by atoms with Crippen LogP contribution in [0.25, 0.3) is 0 Å². The normalized spacial score (nSPS) is 11.3. The molecule has 0 fully saturated rings. The monoisotopic (exact) mass is 327 g/mol. The minimum Gasteiger partial charge on any atom is -0.496 e. The molecule has 2 rings (SSSR count). The Morgan fingerprint density at radius 1 is 1.05 bits per heavy atom. The lowest BCUT2D eigenvalue weighted by Crippen LogP contribution is -2.15. The van der Waals surface area contributed by atoms with Crippen LogP contribution < -0.4 is 9.46 Å². The first-order valence-electron chi connectivity index (χ1n) is 6.37. The molecule has 0 aliphatic carbocycles. The second kappa shape index (κ2) is 5.92. The molecule has 1 N–H and O–H groups in total. The molecular weight excluding hydrogens is 312 g/mol. The van der Waals surface area contributed by atoms with E-state index in [0.29, 0.717) is 22.9 Å². The number of nitrogens with one attached hydrogen (secondary N) is 1. The molecule has 22 heavy (non-hydrogen) atoms. The van der Waals surface area contributed by atoms with Gasteiger partial charge >= 0.3 is 0 Å². The summed E-state index contributed by atoms with van der Waals surface area (Å²) in [6.07, 6.45) is 0. The van der Waals surface area contributed by atoms with Crippen molar-refractivity contribution in [3.05, 3.63) is 53.1 Å². The van der Waals surface area contributed by atoms with Crippen molar-refractivity contribution in [2.75, 3.05) is 11.8 Å². The van der Waals surface area contributed by atoms with Gasteiger partial charge in [-0.25, -0.2) is 17.2 Å². The summed E-state index contributed by atoms with van der Waals surface area (Å²) in [6.45, 7) is 3.31. The van der Waals surface area contributed by atoms with Gasteiger partial charge in [0.1, 0.15) is 17.4 Å². The number of benzene rings is 2. The molecule has 0 aromatic heterocycles. The molecule has 2 aromatic rings. The standard InChI is InChI=1S/C15H15F2NO3S/c1-9-7-15(10(2)6-14(9)21-3)22(19,20)18-13-5-4-11(16)8-12(13)17/h4-8,18H,1-3H3. The van der Waals surface area contributed by atoms with E-state index in [1.54, 1.807) is 19.9 Å². The Labute approximate surface area is 127 Å². The molecule has 0 bridgehead atoms. The molecule has 118 valence electrons. The van der Waals surface area contributed by atoms with E-state index < -0.39 is 21.7 Å². The van der Waals surface area contributed by atoms with Gasteiger partial charge in [0.05, 0.1) is 17.7 Å². The summed E-state index contributed by atoms with van der Waals surface area (Å²) in [7, 11) is -2.51. The first kappa shape index (κ1) is 16.2. The van der Waals surface area contributed by atoms with Gasteiger partial charge in [-0.1, -0.05) is 0 Å². The van der Waals surface area contributed by atoms with E-state index in [-0.39, 0.29) is 10.6 Å². The summed E-state index contributed by atoms with van der Waals surface area (Å²) in [4.78, 5) is 0.00882. The molecule has 0 aliphatic rings. The predicted molar refractivity (Wildman–Crippen MR) is 79.6 cm³/mol. The second-order valence-corrected chi connectivity index (χ2v) is 6.47. The highest BCUT2D eigenvalue weighted by Crippen LogP contribution is 2.27. The lowest BCUT2D eigenvalue weighted by atomic mass is 10.1. The second-order valence-electron chi connectivity index (χ2n) is 4.82. The van der Waals surface area contributed by atoms with Gasteiger partial charge in [-0.2, -0.15) is 0 Å². The zero-order chi connectivity index (χ0) is 16.5. The quantitative estimate of drug-likeness (QED) is 0.936. The fraction of sp³-hybridized carbons (Fsp3) is 0.200. The minimum absolute atomic E-state index is 0.00882. The van der Waals surface area contributed by atoms with Gasteiger partial charge in [0.15, 0.2) is 0 Å². The van der Waals surface area contributed by atoms with Crippen LogP contribution in [0.15, 0.2) is 35.2 Å². The van der Waals surface area contributed by atoms with Crippen molar-refractivity contribution in [1.82, 2.24) is 0 Å². The summed E-state index contributed by atoms with van der Waals surface area (Å²) in [5.41, 5.74) is 0.778. The number of rotatable bonds is 4. The molecule has 0 radical (unpaired) electrons. The molecule has 0 spiro atoms. The Hall–Kier alpha value is -2.15. The SMILES string of the molecule is COc1cc(C)c(S(=O)(=O)Nc2ccc(F)cc2F)cc1C. The summed E-state index contributed by atoms with van der Waals surface area (Å²) >= 11 is 0. The average Bonchev–Trinajstić information content (AvgIpc) is 2.43. The van der Waals surface area contributed by atoms with Crippen LogP contribution in [0.1, 0.15) is 11.1 Å². The molecule has 0 amide bonds. The topological polar surface area (TPSA) is 55.4 Å². The largest absolute Gasteiger partial charge is 0.496 e. The van der Waals surface area contributed by atoms with E-state index in [9.17, 15) is 17.2 Å². The molecule has 0 heterocycles. The van der Waals surface area contributed by atoms with Crippen LogP contribution in [0.3, 0.4) is 0 Å². The van der Waals surface area contributed by atoms with Crippen LogP contribution in [-0.4, -0.2) is 15.5 Å². The van der Waals surface area contributed by atoms with Crippen molar-refractivity contribution in [2.45, 2.75) is 18.7 Å². The third-order valence-corrected chi connectivity index (χ3v) is 4.66. The van der Waals surface area contributed by atoms with Crippen molar-refractivity contribution in [3.63, 3.8) is 0 Å². The van der Waals surface area contributed by atoms with E-state index in [4.69, 9.17) is 4.74 Å². The van der Waals surface area contributed by atoms with Crippen LogP contribution in [0, 0.1) is 25.5 Å². The number of aryl methyl sites for hydroxylation is 2. The number of hydrogen-bond acceptors (Lipinski definition) is 3. The third kappa shape index (κ3) is 3.19. The number of ether oxygens (including phenoxy) is 1. The molecule has 0 unspecified atom stereocenters. The summed E-state index contributed by atoms with van der Waals surface area (Å²) in [5, 5.41) is 0. The number of halogens is 2. The Morgan fingerprint density at radius 2 is 1.73 bits per heavy atom. The number of hydrogen-bond donors (Lipinski definition) is 1. The molecule has 7 heteroatoms. The van der Waals surface area contributed by atoms with Crippen LogP contribution >= 0.6 is 0 Å². The van der Waals surface area contributed by atoms with Crippen LogP contribution in [0.5, 0.6) is 5.75 Å². The highest BCUT2D eigenvalue weighted by Gasteiger charge is 2.20. The van der Waals surface area contributed by atoms with E-state index in [0.717, 1.165) is 12.1 Å². The first-order chi connectivity index (χ1) is 10.2. The Bertz CT molecular complexity index is 820. The lowest BCUT2D eigenvalue weighted by molar-refractivity contribution is 0.411. The molecule has 0 atom stereocenters. The number of methoxy groups -OCH3 is 1. The van der Waals surface area contributed by atoms with Gasteiger partial charge in [0.25, 0.3) is 10.0 Å². The van der Waals surface area contributed by atoms with Gasteiger partial charge in [0, 0.05) is 6.07 Å². The fourth-order valence-corrected chi connectivity index (χ4v) is 3.42. The van der Waals surface area contributed by atoms with Crippen molar-refractivity contribution in [1.29, 1.82) is 0 Å². The van der Waals surface area contributed by atoms with Crippen LogP contribution in [-0.2, 0) is 10.0 Å². The number of anilines is 1. The van der Waals surface area contributed by atoms with Crippen LogP contribution in [0.2, 0.25) is 0 Å². The summed E-state index contributed by atoms with van der Waals surface area (Å²) in [5.74, 6) is -1.20. The van der Waals surface area contributed by atoms with Gasteiger partial charge in [-0.05, 0) is 49.2 Å². The van der Waals surface area contributed by atoms with E-state index in [1.807, 2.05) is 0 Å². The zero-order valence-corrected chi connectivity index (χ0v) is 13.1. The zero-order valence-electron chi connectivity index (χ0n) is 12.3. The van der Waals surface area contributed by atoms with Crippen molar-refractivity contribution in [3.8, 4) is 5.75 Å². The van der Waals surface area contributed by atoms with Crippen LogP contribution in [0.4, 0.5) is 14.5 Å². The van der Waals surface area contributed by atoms with Gasteiger partial charge in [-0.15, -0.1) is 0 Å². The Morgan fingerprint density at radius 3 is 2.32 bits per heavy atom. The smallest absolute Gasteiger partial charge is 0.262 e. The van der Waals surface area contributed by atoms with Gasteiger partial charge < -0.3 is 4.74 Å². The maximum absolute atomic E-state index is 13.6. The Balaban J connectivity index is 2.45. The van der Waals surface area contributed by atoms with E-state index in [1.165, 1.54) is 13.2 Å². The van der Waals surface area contributed by atoms with Crippen molar-refractivity contribution < 1.29 is 21.9 Å². The van der Waals surface area contributed by atoms with Crippen molar-refractivity contribution in [2.24, 2.45) is 0 Å². The van der Waals surface area contributed by atoms with Gasteiger partial charge in [-0.3, -0.25) is 4.72 Å². The molecule has 0 saturated heterocycles. The molecule has 2 aromatic carbocycles. The van der Waals surface area contributed by atoms with E-state index >= 15 is 0 Å². The maximum atomic E-state index is 13.6. The molecule has 0 saturated carbocycles.